The van der Waals surface area contributed by atoms with Crippen LogP contribution in [-0.2, 0) is 0 Å². The highest BCUT2D eigenvalue weighted by atomic mass is 16.5. The quantitative estimate of drug-likeness (QED) is 0.748. The number of nitriles is 1. The Morgan fingerprint density at radius 3 is 2.59 bits per heavy atom. The maximum absolute atomic E-state index is 12.2. The van der Waals surface area contributed by atoms with Crippen molar-refractivity contribution < 1.29 is 9.53 Å². The number of carbonyl (C=O) groups is 1. The molecule has 0 aromatic heterocycles. The van der Waals surface area contributed by atoms with Crippen LogP contribution in [0.5, 0.6) is 5.75 Å². The molecule has 0 N–H and O–H groups in total. The summed E-state index contributed by atoms with van der Waals surface area (Å²) in [5, 5.41) is 8.95. The van der Waals surface area contributed by atoms with Crippen LogP contribution in [0, 0.1) is 31.1 Å². The summed E-state index contributed by atoms with van der Waals surface area (Å²) >= 11 is 0. The highest BCUT2D eigenvalue weighted by Crippen LogP contribution is 2.27. The van der Waals surface area contributed by atoms with Crippen molar-refractivity contribution in [1.82, 2.24) is 0 Å². The van der Waals surface area contributed by atoms with Crippen LogP contribution >= 0.6 is 0 Å². The molecule has 1 unspecified atom stereocenters. The van der Waals surface area contributed by atoms with Gasteiger partial charge in [-0.1, -0.05) is 13.0 Å². The molecule has 0 aliphatic rings. The zero-order valence-corrected chi connectivity index (χ0v) is 10.7. The number of ether oxygens (including phenoxy) is 1. The Morgan fingerprint density at radius 1 is 1.47 bits per heavy atom. The molecular formula is C14H17NO2. The Labute approximate surface area is 102 Å². The molecule has 17 heavy (non-hydrogen) atoms. The smallest absolute Gasteiger partial charge is 0.183 e. The molecule has 0 fully saturated rings. The molecule has 0 aliphatic heterocycles. The van der Waals surface area contributed by atoms with Crippen LogP contribution < -0.4 is 4.74 Å². The van der Waals surface area contributed by atoms with Gasteiger partial charge in [0.2, 0.25) is 0 Å². The summed E-state index contributed by atoms with van der Waals surface area (Å²) < 4.78 is 5.26. The van der Waals surface area contributed by atoms with E-state index in [0.717, 1.165) is 11.1 Å². The van der Waals surface area contributed by atoms with Gasteiger partial charge in [0, 0.05) is 0 Å². The van der Waals surface area contributed by atoms with Gasteiger partial charge in [-0.2, -0.15) is 5.26 Å². The maximum atomic E-state index is 12.2. The molecule has 3 heteroatoms. The van der Waals surface area contributed by atoms with Crippen molar-refractivity contribution in [1.29, 1.82) is 5.26 Å². The highest BCUT2D eigenvalue weighted by Gasteiger charge is 2.22. The average molecular weight is 231 g/mol. The second kappa shape index (κ2) is 5.49. The van der Waals surface area contributed by atoms with E-state index in [9.17, 15) is 4.79 Å². The van der Waals surface area contributed by atoms with Crippen LogP contribution in [0.2, 0.25) is 0 Å². The average Bonchev–Trinajstić information content (AvgIpc) is 2.29. The molecule has 0 heterocycles. The lowest BCUT2D eigenvalue weighted by atomic mass is 9.93. The monoisotopic (exact) mass is 231 g/mol. The van der Waals surface area contributed by atoms with E-state index in [4.69, 9.17) is 10.00 Å². The summed E-state index contributed by atoms with van der Waals surface area (Å²) in [6, 6.07) is 5.78. The van der Waals surface area contributed by atoms with E-state index in [2.05, 4.69) is 0 Å². The Balaban J connectivity index is 3.30. The van der Waals surface area contributed by atoms with Gasteiger partial charge in [0.15, 0.2) is 5.78 Å². The molecule has 0 amide bonds. The van der Waals surface area contributed by atoms with Gasteiger partial charge in [-0.15, -0.1) is 0 Å². The van der Waals surface area contributed by atoms with Crippen LogP contribution in [0.3, 0.4) is 0 Å². The minimum Gasteiger partial charge on any atom is -0.496 e. The minimum absolute atomic E-state index is 0.154. The number of Topliss-reactive ketones (excluding diaryl/α,β-unsaturated/α-hetero) is 1. The van der Waals surface area contributed by atoms with Gasteiger partial charge in [0.1, 0.15) is 11.7 Å². The van der Waals surface area contributed by atoms with E-state index < -0.39 is 5.92 Å². The molecule has 1 aromatic rings. The fourth-order valence-corrected chi connectivity index (χ4v) is 1.93. The SMILES string of the molecule is CCC(C#N)C(=O)c1cc(C)cc(C)c1OC. The van der Waals surface area contributed by atoms with Gasteiger partial charge in [-0.05, 0) is 37.5 Å². The van der Waals surface area contributed by atoms with Crippen molar-refractivity contribution in [3.8, 4) is 11.8 Å². The van der Waals surface area contributed by atoms with Crippen LogP contribution in [0.4, 0.5) is 0 Å². The molecule has 90 valence electrons. The van der Waals surface area contributed by atoms with Gasteiger partial charge in [-0.3, -0.25) is 4.79 Å². The van der Waals surface area contributed by atoms with Gasteiger partial charge in [-0.25, -0.2) is 0 Å². The Bertz CT molecular complexity index is 472. The third-order valence-electron chi connectivity index (χ3n) is 2.77. The summed E-state index contributed by atoms with van der Waals surface area (Å²) in [6.07, 6.45) is 0.519. The molecule has 0 aliphatic carbocycles. The molecule has 0 spiro atoms. The van der Waals surface area contributed by atoms with Crippen molar-refractivity contribution >= 4 is 5.78 Å². The van der Waals surface area contributed by atoms with E-state index >= 15 is 0 Å². The molecule has 1 aromatic carbocycles. The Hall–Kier alpha value is -1.82. The van der Waals surface area contributed by atoms with Crippen molar-refractivity contribution in [2.45, 2.75) is 27.2 Å². The molecule has 0 radical (unpaired) electrons. The third-order valence-corrected chi connectivity index (χ3v) is 2.77. The number of carbonyl (C=O) groups excluding carboxylic acids is 1. The first-order chi connectivity index (χ1) is 8.04. The molecular weight excluding hydrogens is 214 g/mol. The van der Waals surface area contributed by atoms with Crippen LogP contribution in [-0.4, -0.2) is 12.9 Å². The first-order valence-corrected chi connectivity index (χ1v) is 5.64. The number of methoxy groups -OCH3 is 1. The second-order valence-corrected chi connectivity index (χ2v) is 4.12. The summed E-state index contributed by atoms with van der Waals surface area (Å²) in [7, 11) is 1.54. The fraction of sp³-hybridized carbons (Fsp3) is 0.429. The van der Waals surface area contributed by atoms with E-state index in [1.807, 2.05) is 32.9 Å². The lowest BCUT2D eigenvalue weighted by Gasteiger charge is -2.13. The number of rotatable bonds is 4. The van der Waals surface area contributed by atoms with E-state index in [1.54, 1.807) is 13.2 Å². The fourth-order valence-electron chi connectivity index (χ4n) is 1.93. The Morgan fingerprint density at radius 2 is 2.12 bits per heavy atom. The number of hydrogen-bond donors (Lipinski definition) is 0. The van der Waals surface area contributed by atoms with Gasteiger partial charge >= 0.3 is 0 Å². The number of aryl methyl sites for hydroxylation is 2. The standard InChI is InChI=1S/C14H17NO2/c1-5-11(8-15)13(16)12-7-9(2)6-10(3)14(12)17-4/h6-7,11H,5H2,1-4H3. The molecule has 1 atom stereocenters. The van der Waals surface area contributed by atoms with E-state index in [0.29, 0.717) is 17.7 Å². The number of benzene rings is 1. The first kappa shape index (κ1) is 13.2. The molecule has 3 nitrogen and oxygen atoms in total. The third kappa shape index (κ3) is 2.65. The summed E-state index contributed by atoms with van der Waals surface area (Å²) in [5.74, 6) is -0.168. The second-order valence-electron chi connectivity index (χ2n) is 4.12. The summed E-state index contributed by atoms with van der Waals surface area (Å²) in [6.45, 7) is 5.66. The van der Waals surface area contributed by atoms with Crippen LogP contribution in [0.1, 0.15) is 34.8 Å². The molecule has 0 saturated heterocycles. The predicted octanol–water partition coefficient (Wildman–Crippen LogP) is 3.04. The van der Waals surface area contributed by atoms with Crippen molar-refractivity contribution in [3.05, 3.63) is 28.8 Å². The van der Waals surface area contributed by atoms with Crippen molar-refractivity contribution in [3.63, 3.8) is 0 Å². The van der Waals surface area contributed by atoms with E-state index in [1.165, 1.54) is 0 Å². The molecule has 1 rings (SSSR count). The molecule has 0 bridgehead atoms. The lowest BCUT2D eigenvalue weighted by molar-refractivity contribution is 0.0943. The summed E-state index contributed by atoms with van der Waals surface area (Å²) in [4.78, 5) is 12.2. The van der Waals surface area contributed by atoms with Crippen LogP contribution in [0.15, 0.2) is 12.1 Å². The van der Waals surface area contributed by atoms with Crippen molar-refractivity contribution in [2.24, 2.45) is 5.92 Å². The molecule has 0 saturated carbocycles. The largest absolute Gasteiger partial charge is 0.496 e. The van der Waals surface area contributed by atoms with Gasteiger partial charge in [0.25, 0.3) is 0 Å². The van der Waals surface area contributed by atoms with Gasteiger partial charge < -0.3 is 4.74 Å². The summed E-state index contributed by atoms with van der Waals surface area (Å²) in [5.41, 5.74) is 2.43. The highest BCUT2D eigenvalue weighted by molar-refractivity contribution is 6.02. The first-order valence-electron chi connectivity index (χ1n) is 5.64. The Kier molecular flexibility index (Phi) is 4.28. The maximum Gasteiger partial charge on any atom is 0.183 e. The topological polar surface area (TPSA) is 50.1 Å². The predicted molar refractivity (Wildman–Crippen MR) is 66.2 cm³/mol. The number of nitrogens with zero attached hydrogens (tertiary/aromatic N) is 1. The number of ketones is 1. The van der Waals surface area contributed by atoms with E-state index in [-0.39, 0.29) is 5.78 Å². The van der Waals surface area contributed by atoms with Crippen LogP contribution in [0.25, 0.3) is 0 Å². The zero-order chi connectivity index (χ0) is 13.0. The normalized spacial score (nSPS) is 11.7. The lowest BCUT2D eigenvalue weighted by Crippen LogP contribution is -2.14. The minimum atomic E-state index is -0.593. The number of hydrogen-bond acceptors (Lipinski definition) is 3. The van der Waals surface area contributed by atoms with Gasteiger partial charge in [0.05, 0.1) is 18.7 Å². The van der Waals surface area contributed by atoms with Crippen molar-refractivity contribution in [2.75, 3.05) is 7.11 Å². The zero-order valence-electron chi connectivity index (χ0n) is 10.7.